The van der Waals surface area contributed by atoms with Gasteiger partial charge in [0, 0.05) is 38.9 Å². The van der Waals surface area contributed by atoms with E-state index in [1.165, 1.54) is 11.8 Å². The van der Waals surface area contributed by atoms with Crippen LogP contribution < -0.4 is 5.32 Å². The highest BCUT2D eigenvalue weighted by atomic mass is 16.4. The molecule has 0 atom stereocenters. The molecule has 2 N–H and O–H groups in total. The number of ketones is 2. The summed E-state index contributed by atoms with van der Waals surface area (Å²) >= 11 is 0. The minimum atomic E-state index is -0.976. The summed E-state index contributed by atoms with van der Waals surface area (Å²) in [5.41, 5.74) is -0.976. The zero-order valence-corrected chi connectivity index (χ0v) is 19.8. The molecule has 31 heavy (non-hydrogen) atoms. The smallest absolute Gasteiger partial charge is 0.317 e. The van der Waals surface area contributed by atoms with Gasteiger partial charge in [-0.1, -0.05) is 27.7 Å². The van der Waals surface area contributed by atoms with Crippen LogP contribution in [0.25, 0.3) is 0 Å². The van der Waals surface area contributed by atoms with E-state index in [4.69, 9.17) is 5.11 Å². The Morgan fingerprint density at radius 1 is 1.06 bits per heavy atom. The number of carbonyl (C=O) groups excluding carboxylic acids is 4. The van der Waals surface area contributed by atoms with Gasteiger partial charge in [-0.2, -0.15) is 0 Å². The second kappa shape index (κ2) is 13.9. The molecular weight excluding hydrogens is 402 g/mol. The Morgan fingerprint density at radius 2 is 1.61 bits per heavy atom. The van der Waals surface area contributed by atoms with Gasteiger partial charge in [0.1, 0.15) is 5.54 Å². The number of nitrogens with zero attached hydrogens (tertiary/aromatic N) is 2. The lowest BCUT2D eigenvalue weighted by molar-refractivity contribution is -0.140. The maximum atomic E-state index is 12.3. The van der Waals surface area contributed by atoms with E-state index in [-0.39, 0.29) is 55.2 Å². The lowest BCUT2D eigenvalue weighted by Crippen LogP contribution is -2.59. The third-order valence-electron chi connectivity index (χ3n) is 5.38. The highest BCUT2D eigenvalue weighted by molar-refractivity contribution is 5.92. The SMILES string of the molecule is CC.CC(=O)C1(NC(=O)CCCC(=O)N(C)CC(=O)C(C)C)CCN(CC(=O)O)CC1. The maximum Gasteiger partial charge on any atom is 0.317 e. The van der Waals surface area contributed by atoms with Gasteiger partial charge >= 0.3 is 5.97 Å². The highest BCUT2D eigenvalue weighted by Crippen LogP contribution is 2.24. The van der Waals surface area contributed by atoms with Crippen molar-refractivity contribution < 1.29 is 29.1 Å². The number of aliphatic carboxylic acids is 1. The Bertz CT molecular complexity index is 639. The Morgan fingerprint density at radius 3 is 2.06 bits per heavy atom. The van der Waals surface area contributed by atoms with Crippen LogP contribution in [0.2, 0.25) is 0 Å². The molecule has 1 rings (SSSR count). The van der Waals surface area contributed by atoms with Crippen molar-refractivity contribution in [3.05, 3.63) is 0 Å². The summed E-state index contributed by atoms with van der Waals surface area (Å²) in [5.74, 6) is -1.73. The molecule has 0 aromatic heterocycles. The predicted molar refractivity (Wildman–Crippen MR) is 118 cm³/mol. The van der Waals surface area contributed by atoms with Gasteiger partial charge in [0.15, 0.2) is 11.6 Å². The second-order valence-corrected chi connectivity index (χ2v) is 8.08. The van der Waals surface area contributed by atoms with Crippen molar-refractivity contribution in [2.24, 2.45) is 5.92 Å². The number of carbonyl (C=O) groups is 5. The predicted octanol–water partition coefficient (Wildman–Crippen LogP) is 1.49. The number of hydrogen-bond donors (Lipinski definition) is 2. The fourth-order valence-corrected chi connectivity index (χ4v) is 3.27. The first-order chi connectivity index (χ1) is 14.5. The summed E-state index contributed by atoms with van der Waals surface area (Å²) in [6.45, 7) is 9.79. The van der Waals surface area contributed by atoms with Gasteiger partial charge in [0.05, 0.1) is 13.1 Å². The van der Waals surface area contributed by atoms with Crippen LogP contribution in [0.1, 0.15) is 66.7 Å². The summed E-state index contributed by atoms with van der Waals surface area (Å²) in [6.07, 6.45) is 1.30. The molecule has 9 nitrogen and oxygen atoms in total. The first-order valence-corrected chi connectivity index (χ1v) is 11.0. The number of likely N-dealkylation sites (N-methyl/N-ethyl adjacent to an activating group) is 1. The zero-order chi connectivity index (χ0) is 24.2. The molecule has 1 fully saturated rings. The molecule has 0 aromatic carbocycles. The molecule has 178 valence electrons. The van der Waals surface area contributed by atoms with E-state index < -0.39 is 11.5 Å². The van der Waals surface area contributed by atoms with Crippen LogP contribution in [-0.2, 0) is 24.0 Å². The van der Waals surface area contributed by atoms with E-state index in [1.807, 2.05) is 13.8 Å². The Balaban J connectivity index is 0.00000436. The van der Waals surface area contributed by atoms with Crippen LogP contribution in [-0.4, -0.2) is 83.0 Å². The normalized spacial score (nSPS) is 15.5. The summed E-state index contributed by atoms with van der Waals surface area (Å²) in [6, 6.07) is 0. The second-order valence-electron chi connectivity index (χ2n) is 8.08. The number of Topliss-reactive ketones (excluding diaryl/α,β-unsaturated/α-hetero) is 2. The summed E-state index contributed by atoms with van der Waals surface area (Å²) < 4.78 is 0. The standard InChI is InChI=1S/C20H33N3O6.C2H6/c1-14(2)16(25)12-22(4)18(27)7-5-6-17(26)21-20(15(3)24)8-10-23(11-9-20)13-19(28)29;1-2/h14H,5-13H2,1-4H3,(H,21,26)(H,28,29);1-2H3. The van der Waals surface area contributed by atoms with Crippen molar-refractivity contribution in [1.29, 1.82) is 0 Å². The van der Waals surface area contributed by atoms with E-state index in [0.717, 1.165) is 0 Å². The Hall–Kier alpha value is -2.29. The van der Waals surface area contributed by atoms with Gasteiger partial charge in [-0.25, -0.2) is 0 Å². The molecule has 0 bridgehead atoms. The van der Waals surface area contributed by atoms with Gasteiger partial charge in [-0.05, 0) is 26.2 Å². The molecule has 1 aliphatic heterocycles. The molecule has 0 aromatic rings. The molecule has 1 heterocycles. The van der Waals surface area contributed by atoms with Crippen molar-refractivity contribution in [3.8, 4) is 0 Å². The summed E-state index contributed by atoms with van der Waals surface area (Å²) in [5, 5.41) is 11.7. The van der Waals surface area contributed by atoms with Crippen molar-refractivity contribution in [3.63, 3.8) is 0 Å². The minimum absolute atomic E-state index is 0.0174. The van der Waals surface area contributed by atoms with Crippen LogP contribution in [0.4, 0.5) is 0 Å². The number of nitrogens with one attached hydrogen (secondary N) is 1. The van der Waals surface area contributed by atoms with Gasteiger partial charge in [0.2, 0.25) is 11.8 Å². The number of carboxylic acids is 1. The average Bonchev–Trinajstić information content (AvgIpc) is 2.70. The van der Waals surface area contributed by atoms with Crippen LogP contribution in [0.5, 0.6) is 0 Å². The lowest BCUT2D eigenvalue weighted by atomic mass is 9.83. The third-order valence-corrected chi connectivity index (χ3v) is 5.38. The third kappa shape index (κ3) is 10.0. The first-order valence-electron chi connectivity index (χ1n) is 11.0. The van der Waals surface area contributed by atoms with Gasteiger partial charge in [-0.3, -0.25) is 28.9 Å². The number of piperidine rings is 1. The van der Waals surface area contributed by atoms with E-state index in [0.29, 0.717) is 32.4 Å². The molecule has 0 spiro atoms. The minimum Gasteiger partial charge on any atom is -0.480 e. The van der Waals surface area contributed by atoms with Gasteiger partial charge < -0.3 is 15.3 Å². The molecule has 9 heteroatoms. The molecule has 0 radical (unpaired) electrons. The fraction of sp³-hybridized carbons (Fsp3) is 0.773. The van der Waals surface area contributed by atoms with Crippen molar-refractivity contribution in [2.45, 2.75) is 72.3 Å². The van der Waals surface area contributed by atoms with E-state index in [2.05, 4.69) is 5.32 Å². The largest absolute Gasteiger partial charge is 0.480 e. The summed E-state index contributed by atoms with van der Waals surface area (Å²) in [4.78, 5) is 62.3. The molecule has 1 aliphatic rings. The Labute approximate surface area is 185 Å². The molecule has 0 unspecified atom stereocenters. The van der Waals surface area contributed by atoms with Gasteiger partial charge in [0.25, 0.3) is 0 Å². The topological polar surface area (TPSA) is 124 Å². The lowest BCUT2D eigenvalue weighted by Gasteiger charge is -2.40. The van der Waals surface area contributed by atoms with Crippen LogP contribution in [0, 0.1) is 5.92 Å². The number of rotatable bonds is 11. The molecular formula is C22H39N3O6. The average molecular weight is 442 g/mol. The Kier molecular flexibility index (Phi) is 12.9. The van der Waals surface area contributed by atoms with Crippen LogP contribution in [0.3, 0.4) is 0 Å². The van der Waals surface area contributed by atoms with Crippen LogP contribution >= 0.6 is 0 Å². The highest BCUT2D eigenvalue weighted by Gasteiger charge is 2.40. The number of carboxylic acid groups (broad SMARTS) is 1. The van der Waals surface area contributed by atoms with Crippen LogP contribution in [0.15, 0.2) is 0 Å². The molecule has 0 saturated carbocycles. The fourth-order valence-electron chi connectivity index (χ4n) is 3.27. The first kappa shape index (κ1) is 28.7. The number of hydrogen-bond acceptors (Lipinski definition) is 6. The van der Waals surface area contributed by atoms with Crippen molar-refractivity contribution in [2.75, 3.05) is 33.2 Å². The monoisotopic (exact) mass is 441 g/mol. The summed E-state index contributed by atoms with van der Waals surface area (Å²) in [7, 11) is 1.57. The van der Waals surface area contributed by atoms with Gasteiger partial charge in [-0.15, -0.1) is 0 Å². The van der Waals surface area contributed by atoms with Crippen molar-refractivity contribution in [1.82, 2.24) is 15.1 Å². The zero-order valence-electron chi connectivity index (χ0n) is 19.8. The molecule has 1 saturated heterocycles. The van der Waals surface area contributed by atoms with Crippen molar-refractivity contribution >= 4 is 29.4 Å². The molecule has 2 amide bonds. The maximum absolute atomic E-state index is 12.3. The van der Waals surface area contributed by atoms with E-state index in [9.17, 15) is 24.0 Å². The molecule has 0 aliphatic carbocycles. The quantitative estimate of drug-likeness (QED) is 0.498. The van der Waals surface area contributed by atoms with E-state index in [1.54, 1.807) is 25.8 Å². The van der Waals surface area contributed by atoms with E-state index >= 15 is 0 Å². The number of likely N-dealkylation sites (tertiary alicyclic amines) is 1. The number of amides is 2.